The maximum Gasteiger partial charge on any atom is 0.347 e. The number of aromatic nitrogens is 3. The van der Waals surface area contributed by atoms with Gasteiger partial charge in [-0.2, -0.15) is 0 Å². The zero-order chi connectivity index (χ0) is 13.7. The van der Waals surface area contributed by atoms with Crippen LogP contribution in [0.3, 0.4) is 0 Å². The van der Waals surface area contributed by atoms with Crippen molar-refractivity contribution in [3.63, 3.8) is 0 Å². The first-order valence-electron chi connectivity index (χ1n) is 7.39. The largest absolute Gasteiger partial charge is 0.347 e. The summed E-state index contributed by atoms with van der Waals surface area (Å²) in [6, 6.07) is 0.285. The summed E-state index contributed by atoms with van der Waals surface area (Å²) in [4.78, 5) is 24.9. The minimum Gasteiger partial charge on any atom is -0.246 e. The summed E-state index contributed by atoms with van der Waals surface area (Å²) in [5.74, 6) is 0. The quantitative estimate of drug-likeness (QED) is 0.710. The van der Waals surface area contributed by atoms with Gasteiger partial charge in [0.25, 0.3) is 0 Å². The zero-order valence-electron chi connectivity index (χ0n) is 11.5. The third-order valence-corrected chi connectivity index (χ3v) is 6.41. The molecule has 1 aromatic rings. The summed E-state index contributed by atoms with van der Waals surface area (Å²) in [5.41, 5.74) is -0.157. The van der Waals surface area contributed by atoms with E-state index in [2.05, 4.69) is 24.3 Å². The fourth-order valence-corrected chi connectivity index (χ4v) is 5.46. The zero-order valence-corrected chi connectivity index (χ0v) is 11.5. The van der Waals surface area contributed by atoms with Gasteiger partial charge in [0.1, 0.15) is 0 Å². The Bertz CT molecular complexity index is 743. The van der Waals surface area contributed by atoms with Crippen LogP contribution in [-0.4, -0.2) is 13.9 Å². The van der Waals surface area contributed by atoms with Gasteiger partial charge in [0.05, 0.1) is 12.1 Å². The third-order valence-electron chi connectivity index (χ3n) is 6.41. The normalized spacial score (nSPS) is 42.9. The van der Waals surface area contributed by atoms with E-state index < -0.39 is 0 Å². The molecule has 3 heterocycles. The van der Waals surface area contributed by atoms with Crippen LogP contribution < -0.4 is 11.4 Å². The molecule has 104 valence electrons. The highest BCUT2D eigenvalue weighted by Gasteiger charge is 2.70. The van der Waals surface area contributed by atoms with Crippen LogP contribution in [-0.2, 0) is 7.05 Å². The fourth-order valence-electron chi connectivity index (χ4n) is 5.46. The molecule has 0 aromatic carbocycles. The lowest BCUT2D eigenvalue weighted by Crippen LogP contribution is -2.67. The maximum atomic E-state index is 12.4. The molecule has 20 heavy (non-hydrogen) atoms. The van der Waals surface area contributed by atoms with Crippen LogP contribution in [0.5, 0.6) is 0 Å². The topological polar surface area (TPSA) is 48.9 Å². The number of hydrogen-bond donors (Lipinski definition) is 0. The fraction of sp³-hybridized carbons (Fsp3) is 0.600. The average Bonchev–Trinajstić information content (AvgIpc) is 2.67. The lowest BCUT2D eigenvalue weighted by Gasteiger charge is -2.70. The lowest BCUT2D eigenvalue weighted by molar-refractivity contribution is -0.164. The van der Waals surface area contributed by atoms with Gasteiger partial charge in [-0.15, -0.1) is 0 Å². The van der Waals surface area contributed by atoms with E-state index in [4.69, 9.17) is 0 Å². The molecule has 2 fully saturated rings. The maximum absolute atomic E-state index is 12.4. The van der Waals surface area contributed by atoms with E-state index in [1.165, 1.54) is 4.57 Å². The first-order chi connectivity index (χ1) is 9.62. The number of fused-ring (bicyclic) bond motifs is 1. The van der Waals surface area contributed by atoms with Crippen LogP contribution in [0.4, 0.5) is 0 Å². The molecule has 5 aliphatic rings. The summed E-state index contributed by atoms with van der Waals surface area (Å²) in [6.07, 6.45) is 13.1. The molecule has 0 spiro atoms. The second-order valence-electron chi connectivity index (χ2n) is 6.72. The van der Waals surface area contributed by atoms with Crippen molar-refractivity contribution in [3.8, 4) is 0 Å². The van der Waals surface area contributed by atoms with Crippen molar-refractivity contribution >= 4 is 0 Å². The van der Waals surface area contributed by atoms with Gasteiger partial charge in [0.2, 0.25) is 0 Å². The summed E-state index contributed by atoms with van der Waals surface area (Å²) in [6.45, 7) is 0. The Balaban J connectivity index is 1.92. The Morgan fingerprint density at radius 1 is 0.950 bits per heavy atom. The summed E-state index contributed by atoms with van der Waals surface area (Å²) in [5, 5.41) is 0. The van der Waals surface area contributed by atoms with Crippen LogP contribution in [0, 0.1) is 10.8 Å². The molecule has 5 nitrogen and oxygen atoms in total. The Kier molecular flexibility index (Phi) is 1.61. The minimum atomic E-state index is -0.150. The number of rotatable bonds is 0. The Morgan fingerprint density at radius 3 is 1.80 bits per heavy atom. The van der Waals surface area contributed by atoms with Crippen LogP contribution in [0.1, 0.15) is 37.8 Å². The van der Waals surface area contributed by atoms with Gasteiger partial charge in [-0.1, -0.05) is 24.3 Å². The molecule has 0 radical (unpaired) electrons. The predicted octanol–water partition coefficient (Wildman–Crippen LogP) is 1.13. The summed E-state index contributed by atoms with van der Waals surface area (Å²) >= 11 is 0. The molecule has 3 aliphatic carbocycles. The van der Waals surface area contributed by atoms with Gasteiger partial charge in [0.15, 0.2) is 0 Å². The summed E-state index contributed by atoms with van der Waals surface area (Å²) in [7, 11) is 1.59. The van der Waals surface area contributed by atoms with Gasteiger partial charge in [-0.05, 0) is 25.7 Å². The first-order valence-corrected chi connectivity index (χ1v) is 7.39. The molecule has 2 unspecified atom stereocenters. The van der Waals surface area contributed by atoms with E-state index in [-0.39, 0.29) is 34.3 Å². The monoisotopic (exact) mass is 271 g/mol. The molecule has 2 bridgehead atoms. The minimum absolute atomic E-state index is 0.0717. The number of nitrogens with zero attached hydrogens (tertiary/aromatic N) is 3. The van der Waals surface area contributed by atoms with Crippen LogP contribution in [0.15, 0.2) is 33.9 Å². The molecule has 2 saturated carbocycles. The van der Waals surface area contributed by atoms with Gasteiger partial charge in [-0.3, -0.25) is 0 Å². The predicted molar refractivity (Wildman–Crippen MR) is 73.6 cm³/mol. The molecular weight excluding hydrogens is 254 g/mol. The van der Waals surface area contributed by atoms with Gasteiger partial charge in [-0.25, -0.2) is 23.5 Å². The van der Waals surface area contributed by atoms with Crippen molar-refractivity contribution in [1.82, 2.24) is 13.9 Å². The Morgan fingerprint density at radius 2 is 1.40 bits per heavy atom. The first kappa shape index (κ1) is 10.9. The molecule has 0 saturated heterocycles. The molecule has 0 N–H and O–H groups in total. The van der Waals surface area contributed by atoms with E-state index in [1.54, 1.807) is 16.4 Å². The summed E-state index contributed by atoms with van der Waals surface area (Å²) < 4.78 is 4.79. The smallest absolute Gasteiger partial charge is 0.246 e. The Hall–Kier alpha value is -1.78. The van der Waals surface area contributed by atoms with E-state index >= 15 is 0 Å². The van der Waals surface area contributed by atoms with Gasteiger partial charge < -0.3 is 0 Å². The molecule has 5 heteroatoms. The molecule has 2 aliphatic heterocycles. The SMILES string of the molecule is Cn1c(=O)n2n(c1=O)[C@@H]1CCC2C23C=CC=C[C@]12CC3. The van der Waals surface area contributed by atoms with Crippen molar-refractivity contribution in [1.29, 1.82) is 0 Å². The number of allylic oxidation sites excluding steroid dienone is 4. The van der Waals surface area contributed by atoms with E-state index in [9.17, 15) is 9.59 Å². The highest BCUT2D eigenvalue weighted by atomic mass is 16.2. The molecule has 1 aromatic heterocycles. The van der Waals surface area contributed by atoms with Crippen molar-refractivity contribution in [2.75, 3.05) is 0 Å². The Labute approximate surface area is 115 Å². The van der Waals surface area contributed by atoms with Crippen molar-refractivity contribution < 1.29 is 0 Å². The molecule has 4 atom stereocenters. The van der Waals surface area contributed by atoms with Crippen LogP contribution in [0.2, 0.25) is 0 Å². The highest BCUT2D eigenvalue weighted by molar-refractivity contribution is 5.37. The third kappa shape index (κ3) is 0.807. The second kappa shape index (κ2) is 2.95. The second-order valence-corrected chi connectivity index (χ2v) is 6.72. The number of hydrogen-bond acceptors (Lipinski definition) is 2. The van der Waals surface area contributed by atoms with E-state index in [0.717, 1.165) is 25.7 Å². The molecule has 0 amide bonds. The van der Waals surface area contributed by atoms with Gasteiger partial charge in [0, 0.05) is 17.9 Å². The van der Waals surface area contributed by atoms with E-state index in [1.807, 2.05) is 0 Å². The van der Waals surface area contributed by atoms with Crippen molar-refractivity contribution in [2.24, 2.45) is 17.9 Å². The highest BCUT2D eigenvalue weighted by Crippen LogP contribution is 2.75. The average molecular weight is 271 g/mol. The lowest BCUT2D eigenvalue weighted by atomic mass is 9.39. The molecular formula is C15H17N3O2. The standard InChI is InChI=1S/C15H17N3O2/c1-16-12(19)17-10-4-5-11(18(17)13(16)20)15-7-3-2-6-14(10,15)8-9-15/h2-3,6-7,10-11H,4-5,8-9H2,1H3/t10-,11?,14+,15?/m1/s1. The van der Waals surface area contributed by atoms with Gasteiger partial charge >= 0.3 is 11.4 Å². The van der Waals surface area contributed by atoms with E-state index in [0.29, 0.717) is 0 Å². The van der Waals surface area contributed by atoms with Crippen molar-refractivity contribution in [3.05, 3.63) is 45.3 Å². The van der Waals surface area contributed by atoms with Crippen LogP contribution >= 0.6 is 0 Å². The van der Waals surface area contributed by atoms with Crippen LogP contribution in [0.25, 0.3) is 0 Å². The molecule has 6 rings (SSSR count). The van der Waals surface area contributed by atoms with Crippen molar-refractivity contribution in [2.45, 2.75) is 37.8 Å².